The molecule has 10 heteroatoms. The molecule has 0 saturated heterocycles. The summed E-state index contributed by atoms with van der Waals surface area (Å²) >= 11 is 0. The fraction of sp³-hybridized carbons (Fsp3) is 0.227. The molecular weight excluding hydrogens is 421 g/mol. The second kappa shape index (κ2) is 11.0. The highest BCUT2D eigenvalue weighted by molar-refractivity contribution is 5.95. The van der Waals surface area contributed by atoms with Crippen LogP contribution in [0.15, 0.2) is 59.9 Å². The zero-order valence-electron chi connectivity index (χ0n) is 17.4. The van der Waals surface area contributed by atoms with E-state index in [1.54, 1.807) is 6.20 Å². The standard InChI is InChI=1S/C22H23F3N6O/c1-2-26-22(28-13-19(32)30-18-9-8-17(23)20(24)21(18)25)27-12-15-6-3-4-7-16(15)14-31-11-5-10-29-31/h3-11H,2,12-14H2,1H3,(H,30,32)(H2,26,27,28). The van der Waals surface area contributed by atoms with Crippen molar-refractivity contribution in [2.45, 2.75) is 20.0 Å². The number of carbonyl (C=O) groups is 1. The zero-order valence-corrected chi connectivity index (χ0v) is 17.4. The maximum atomic E-state index is 13.7. The molecule has 3 aromatic rings. The van der Waals surface area contributed by atoms with Crippen molar-refractivity contribution in [2.75, 3.05) is 18.4 Å². The van der Waals surface area contributed by atoms with Gasteiger partial charge in [-0.25, -0.2) is 18.2 Å². The van der Waals surface area contributed by atoms with Crippen LogP contribution in [0.2, 0.25) is 0 Å². The summed E-state index contributed by atoms with van der Waals surface area (Å²) in [5.41, 5.74) is 1.61. The molecule has 3 rings (SSSR count). The SMILES string of the molecule is CCNC(=NCc1ccccc1Cn1cccn1)NCC(=O)Nc1ccc(F)c(F)c1F. The molecule has 0 aliphatic rings. The van der Waals surface area contributed by atoms with E-state index < -0.39 is 29.0 Å². The summed E-state index contributed by atoms with van der Waals surface area (Å²) in [5, 5.41) is 12.3. The maximum absolute atomic E-state index is 13.7. The van der Waals surface area contributed by atoms with Crippen molar-refractivity contribution in [1.82, 2.24) is 20.4 Å². The number of nitrogens with zero attached hydrogens (tertiary/aromatic N) is 3. The van der Waals surface area contributed by atoms with E-state index in [0.717, 1.165) is 23.3 Å². The van der Waals surface area contributed by atoms with Crippen LogP contribution in [0, 0.1) is 17.5 Å². The molecule has 1 amide bonds. The number of amides is 1. The average molecular weight is 444 g/mol. The summed E-state index contributed by atoms with van der Waals surface area (Å²) in [6.45, 7) is 3.13. The number of halogens is 3. The van der Waals surface area contributed by atoms with Crippen LogP contribution in [0.3, 0.4) is 0 Å². The van der Waals surface area contributed by atoms with Crippen molar-refractivity contribution in [2.24, 2.45) is 4.99 Å². The lowest BCUT2D eigenvalue weighted by Crippen LogP contribution is -2.41. The molecule has 1 aromatic heterocycles. The molecule has 0 aliphatic heterocycles. The molecule has 1 heterocycles. The number of guanidine groups is 1. The molecule has 0 radical (unpaired) electrons. The molecule has 7 nitrogen and oxygen atoms in total. The first-order valence-corrected chi connectivity index (χ1v) is 9.97. The van der Waals surface area contributed by atoms with E-state index in [0.29, 0.717) is 25.6 Å². The minimum atomic E-state index is -1.64. The summed E-state index contributed by atoms with van der Waals surface area (Å²) in [6.07, 6.45) is 3.59. The molecule has 3 N–H and O–H groups in total. The Morgan fingerprint density at radius 2 is 1.81 bits per heavy atom. The summed E-state index contributed by atoms with van der Waals surface area (Å²) in [7, 11) is 0. The van der Waals surface area contributed by atoms with Crippen molar-refractivity contribution in [3.8, 4) is 0 Å². The number of aliphatic imine (C=N–C) groups is 1. The van der Waals surface area contributed by atoms with Gasteiger partial charge in [0.1, 0.15) is 0 Å². The number of benzene rings is 2. The van der Waals surface area contributed by atoms with E-state index >= 15 is 0 Å². The van der Waals surface area contributed by atoms with Crippen molar-refractivity contribution in [1.29, 1.82) is 0 Å². The minimum Gasteiger partial charge on any atom is -0.357 e. The molecule has 0 aliphatic carbocycles. The number of nitrogens with one attached hydrogen (secondary N) is 3. The van der Waals surface area contributed by atoms with Gasteiger partial charge < -0.3 is 16.0 Å². The topological polar surface area (TPSA) is 83.3 Å². The molecule has 168 valence electrons. The Balaban J connectivity index is 1.62. The minimum absolute atomic E-state index is 0.251. The summed E-state index contributed by atoms with van der Waals surface area (Å²) in [5.74, 6) is -4.68. The van der Waals surface area contributed by atoms with Gasteiger partial charge in [0, 0.05) is 18.9 Å². The van der Waals surface area contributed by atoms with Gasteiger partial charge in [-0.15, -0.1) is 0 Å². The molecular formula is C22H23F3N6O. The van der Waals surface area contributed by atoms with Crippen LogP contribution in [-0.2, 0) is 17.9 Å². The summed E-state index contributed by atoms with van der Waals surface area (Å²) < 4.78 is 41.9. The quantitative estimate of drug-likeness (QED) is 0.283. The van der Waals surface area contributed by atoms with Crippen molar-refractivity contribution < 1.29 is 18.0 Å². The lowest BCUT2D eigenvalue weighted by Gasteiger charge is -2.13. The molecule has 2 aromatic carbocycles. The number of aromatic nitrogens is 2. The highest BCUT2D eigenvalue weighted by Gasteiger charge is 2.15. The van der Waals surface area contributed by atoms with Gasteiger partial charge in [0.15, 0.2) is 23.4 Å². The fourth-order valence-corrected chi connectivity index (χ4v) is 2.92. The predicted octanol–water partition coefficient (Wildman–Crippen LogP) is 3.04. The lowest BCUT2D eigenvalue weighted by atomic mass is 10.1. The van der Waals surface area contributed by atoms with E-state index in [1.807, 2.05) is 48.1 Å². The summed E-state index contributed by atoms with van der Waals surface area (Å²) in [4.78, 5) is 16.6. The van der Waals surface area contributed by atoms with Gasteiger partial charge in [-0.1, -0.05) is 24.3 Å². The fourth-order valence-electron chi connectivity index (χ4n) is 2.92. The van der Waals surface area contributed by atoms with E-state index in [1.165, 1.54) is 0 Å². The van der Waals surface area contributed by atoms with Gasteiger partial charge in [-0.05, 0) is 36.2 Å². The molecule has 0 bridgehead atoms. The maximum Gasteiger partial charge on any atom is 0.243 e. The second-order valence-electron chi connectivity index (χ2n) is 6.79. The van der Waals surface area contributed by atoms with Crippen LogP contribution in [-0.4, -0.2) is 34.7 Å². The third kappa shape index (κ3) is 6.10. The van der Waals surface area contributed by atoms with Crippen molar-refractivity contribution in [3.05, 3.63) is 83.4 Å². The number of rotatable bonds is 8. The molecule has 0 fully saturated rings. The van der Waals surface area contributed by atoms with E-state index in [9.17, 15) is 18.0 Å². The Bertz CT molecular complexity index is 1090. The third-order valence-electron chi connectivity index (χ3n) is 4.49. The number of hydrogen-bond donors (Lipinski definition) is 3. The van der Waals surface area contributed by atoms with Gasteiger partial charge in [0.05, 0.1) is 25.3 Å². The first kappa shape index (κ1) is 22.9. The van der Waals surface area contributed by atoms with Gasteiger partial charge in [-0.2, -0.15) is 5.10 Å². The lowest BCUT2D eigenvalue weighted by molar-refractivity contribution is -0.115. The van der Waals surface area contributed by atoms with Crippen molar-refractivity contribution >= 4 is 17.6 Å². The Hall–Kier alpha value is -3.82. The summed E-state index contributed by atoms with van der Waals surface area (Å²) in [6, 6.07) is 11.4. The Labute approximate surface area is 183 Å². The average Bonchev–Trinajstić information content (AvgIpc) is 3.30. The van der Waals surface area contributed by atoms with Crippen LogP contribution in [0.4, 0.5) is 18.9 Å². The molecule has 0 atom stereocenters. The van der Waals surface area contributed by atoms with Gasteiger partial charge in [-0.3, -0.25) is 9.48 Å². The molecule has 32 heavy (non-hydrogen) atoms. The first-order valence-electron chi connectivity index (χ1n) is 9.97. The largest absolute Gasteiger partial charge is 0.357 e. The monoisotopic (exact) mass is 444 g/mol. The number of anilines is 1. The van der Waals surface area contributed by atoms with Crippen LogP contribution in [0.1, 0.15) is 18.1 Å². The second-order valence-corrected chi connectivity index (χ2v) is 6.79. The van der Waals surface area contributed by atoms with Crippen LogP contribution in [0.25, 0.3) is 0 Å². The first-order chi connectivity index (χ1) is 15.5. The van der Waals surface area contributed by atoms with Crippen LogP contribution < -0.4 is 16.0 Å². The highest BCUT2D eigenvalue weighted by atomic mass is 19.2. The normalized spacial score (nSPS) is 11.3. The van der Waals surface area contributed by atoms with Crippen LogP contribution >= 0.6 is 0 Å². The smallest absolute Gasteiger partial charge is 0.243 e. The number of carbonyl (C=O) groups excluding carboxylic acids is 1. The van der Waals surface area contributed by atoms with E-state index in [2.05, 4.69) is 26.0 Å². The van der Waals surface area contributed by atoms with Crippen molar-refractivity contribution in [3.63, 3.8) is 0 Å². The van der Waals surface area contributed by atoms with Crippen LogP contribution in [0.5, 0.6) is 0 Å². The molecule has 0 spiro atoms. The highest BCUT2D eigenvalue weighted by Crippen LogP contribution is 2.19. The Morgan fingerprint density at radius 3 is 2.53 bits per heavy atom. The van der Waals surface area contributed by atoms with E-state index in [4.69, 9.17) is 0 Å². The van der Waals surface area contributed by atoms with Gasteiger partial charge in [0.2, 0.25) is 5.91 Å². The number of hydrogen-bond acceptors (Lipinski definition) is 3. The zero-order chi connectivity index (χ0) is 22.9. The van der Waals surface area contributed by atoms with E-state index in [-0.39, 0.29) is 6.54 Å². The Kier molecular flexibility index (Phi) is 7.85. The molecule has 0 saturated carbocycles. The van der Waals surface area contributed by atoms with Gasteiger partial charge >= 0.3 is 0 Å². The Morgan fingerprint density at radius 1 is 1.03 bits per heavy atom. The predicted molar refractivity (Wildman–Crippen MR) is 116 cm³/mol. The van der Waals surface area contributed by atoms with Gasteiger partial charge in [0.25, 0.3) is 0 Å². The molecule has 0 unspecified atom stereocenters. The third-order valence-corrected chi connectivity index (χ3v) is 4.49.